The predicted octanol–water partition coefficient (Wildman–Crippen LogP) is 3.49. The summed E-state index contributed by atoms with van der Waals surface area (Å²) in [6.07, 6.45) is -4.41. The van der Waals surface area contributed by atoms with Gasteiger partial charge in [0.2, 0.25) is 5.01 Å². The molecule has 1 heterocycles. The first-order valence-electron chi connectivity index (χ1n) is 5.06. The van der Waals surface area contributed by atoms with Crippen molar-refractivity contribution in [3.63, 3.8) is 0 Å². The number of rotatable bonds is 2. The molecule has 2 rings (SSSR count). The van der Waals surface area contributed by atoms with Gasteiger partial charge in [-0.2, -0.15) is 13.2 Å². The number of fused-ring (bicyclic) bond motifs is 1. The summed E-state index contributed by atoms with van der Waals surface area (Å²) in [5.74, 6) is -0.618. The number of hydrogen-bond acceptors (Lipinski definition) is 4. The maximum absolute atomic E-state index is 12.5. The van der Waals surface area contributed by atoms with Crippen LogP contribution in [0.2, 0.25) is 0 Å². The molecule has 7 heteroatoms. The lowest BCUT2D eigenvalue weighted by Crippen LogP contribution is -2.04. The second kappa shape index (κ2) is 4.56. The molecule has 2 aromatic rings. The van der Waals surface area contributed by atoms with E-state index in [4.69, 9.17) is 4.74 Å². The molecule has 96 valence electrons. The minimum atomic E-state index is -4.41. The fourth-order valence-corrected chi connectivity index (χ4v) is 2.22. The third-order valence-electron chi connectivity index (χ3n) is 2.16. The van der Waals surface area contributed by atoms with E-state index in [0.717, 1.165) is 23.5 Å². The molecule has 0 aliphatic heterocycles. The van der Waals surface area contributed by atoms with Gasteiger partial charge in [-0.15, -0.1) is 11.3 Å². The van der Waals surface area contributed by atoms with Gasteiger partial charge < -0.3 is 4.74 Å². The number of halogens is 3. The molecule has 0 saturated heterocycles. The Hall–Kier alpha value is -1.63. The van der Waals surface area contributed by atoms with Crippen molar-refractivity contribution in [3.05, 3.63) is 28.8 Å². The Labute approximate surface area is 104 Å². The molecular weight excluding hydrogens is 267 g/mol. The first kappa shape index (κ1) is 12.8. The summed E-state index contributed by atoms with van der Waals surface area (Å²) in [6.45, 7) is 1.84. The number of hydrogen-bond donors (Lipinski definition) is 0. The van der Waals surface area contributed by atoms with Crippen LogP contribution in [0.15, 0.2) is 18.2 Å². The molecule has 0 N–H and O–H groups in total. The number of nitrogens with zero attached hydrogens (tertiary/aromatic N) is 1. The van der Waals surface area contributed by atoms with E-state index in [-0.39, 0.29) is 17.1 Å². The quantitative estimate of drug-likeness (QED) is 0.787. The largest absolute Gasteiger partial charge is 0.461 e. The average molecular weight is 275 g/mol. The maximum atomic E-state index is 12.5. The lowest BCUT2D eigenvalue weighted by Gasteiger charge is -2.04. The van der Waals surface area contributed by atoms with Gasteiger partial charge in [0.1, 0.15) is 0 Å². The summed E-state index contributed by atoms with van der Waals surface area (Å²) in [7, 11) is 0. The Kier molecular flexibility index (Phi) is 3.25. The first-order valence-corrected chi connectivity index (χ1v) is 5.88. The molecule has 0 amide bonds. The fourth-order valence-electron chi connectivity index (χ4n) is 1.38. The second-order valence-corrected chi connectivity index (χ2v) is 4.45. The highest BCUT2D eigenvalue weighted by atomic mass is 32.1. The third kappa shape index (κ3) is 2.45. The monoisotopic (exact) mass is 275 g/mol. The van der Waals surface area contributed by atoms with E-state index in [9.17, 15) is 18.0 Å². The van der Waals surface area contributed by atoms with E-state index in [0.29, 0.717) is 4.70 Å². The van der Waals surface area contributed by atoms with Crippen molar-refractivity contribution in [3.8, 4) is 0 Å². The molecule has 0 saturated carbocycles. The number of esters is 1. The number of ether oxygens (including phenoxy) is 1. The van der Waals surface area contributed by atoms with Crippen LogP contribution in [0.4, 0.5) is 13.2 Å². The van der Waals surface area contributed by atoms with Crippen molar-refractivity contribution < 1.29 is 22.7 Å². The second-order valence-electron chi connectivity index (χ2n) is 3.42. The van der Waals surface area contributed by atoms with Crippen LogP contribution in [0.25, 0.3) is 10.2 Å². The summed E-state index contributed by atoms with van der Waals surface area (Å²) >= 11 is 1.01. The van der Waals surface area contributed by atoms with Crippen molar-refractivity contribution in [1.29, 1.82) is 0 Å². The van der Waals surface area contributed by atoms with Crippen LogP contribution in [0.3, 0.4) is 0 Å². The molecule has 18 heavy (non-hydrogen) atoms. The lowest BCUT2D eigenvalue weighted by atomic mass is 10.2. The van der Waals surface area contributed by atoms with Crippen LogP contribution in [0.5, 0.6) is 0 Å². The minimum absolute atomic E-state index is 0.0613. The van der Waals surface area contributed by atoms with Gasteiger partial charge in [0.05, 0.1) is 22.4 Å². The zero-order valence-corrected chi connectivity index (χ0v) is 10.1. The average Bonchev–Trinajstić information content (AvgIpc) is 2.70. The van der Waals surface area contributed by atoms with Crippen LogP contribution in [-0.2, 0) is 10.9 Å². The minimum Gasteiger partial charge on any atom is -0.461 e. The van der Waals surface area contributed by atoms with Crippen molar-refractivity contribution in [2.45, 2.75) is 13.1 Å². The van der Waals surface area contributed by atoms with Gasteiger partial charge in [-0.05, 0) is 25.1 Å². The highest BCUT2D eigenvalue weighted by molar-refractivity contribution is 7.20. The van der Waals surface area contributed by atoms with Gasteiger partial charge >= 0.3 is 12.1 Å². The van der Waals surface area contributed by atoms with Gasteiger partial charge in [-0.1, -0.05) is 0 Å². The molecule has 0 aliphatic rings. The zero-order valence-electron chi connectivity index (χ0n) is 9.25. The number of benzene rings is 1. The standard InChI is InChI=1S/C11H8F3NO2S/c1-2-17-10(16)9-15-7-5-6(11(12,13)14)3-4-8(7)18-9/h3-5H,2H2,1H3. The van der Waals surface area contributed by atoms with Gasteiger partial charge in [-0.25, -0.2) is 9.78 Å². The molecule has 1 aromatic carbocycles. The van der Waals surface area contributed by atoms with E-state index in [1.807, 2.05) is 0 Å². The normalized spacial score (nSPS) is 11.8. The first-order chi connectivity index (χ1) is 8.41. The third-order valence-corrected chi connectivity index (χ3v) is 3.18. The van der Waals surface area contributed by atoms with Crippen molar-refractivity contribution in [2.24, 2.45) is 0 Å². The summed E-state index contributed by atoms with van der Waals surface area (Å²) < 4.78 is 42.7. The zero-order chi connectivity index (χ0) is 13.3. The lowest BCUT2D eigenvalue weighted by molar-refractivity contribution is -0.137. The Morgan fingerprint density at radius 3 is 2.78 bits per heavy atom. The number of aromatic nitrogens is 1. The molecule has 0 aliphatic carbocycles. The predicted molar refractivity (Wildman–Crippen MR) is 60.6 cm³/mol. The van der Waals surface area contributed by atoms with Gasteiger partial charge in [0.15, 0.2) is 0 Å². The van der Waals surface area contributed by atoms with Crippen molar-refractivity contribution in [1.82, 2.24) is 4.98 Å². The highest BCUT2D eigenvalue weighted by Crippen LogP contribution is 2.32. The highest BCUT2D eigenvalue weighted by Gasteiger charge is 2.31. The summed E-state index contributed by atoms with van der Waals surface area (Å²) in [5, 5.41) is 0.0613. The topological polar surface area (TPSA) is 39.2 Å². The molecule has 0 bridgehead atoms. The molecule has 1 aromatic heterocycles. The van der Waals surface area contributed by atoms with Crippen LogP contribution >= 0.6 is 11.3 Å². The number of alkyl halides is 3. The van der Waals surface area contributed by atoms with Gasteiger partial charge in [0, 0.05) is 0 Å². The van der Waals surface area contributed by atoms with Crippen LogP contribution in [-0.4, -0.2) is 17.6 Å². The number of carbonyl (C=O) groups is 1. The molecule has 3 nitrogen and oxygen atoms in total. The van der Waals surface area contributed by atoms with Crippen molar-refractivity contribution >= 4 is 27.5 Å². The Morgan fingerprint density at radius 1 is 1.44 bits per heavy atom. The van der Waals surface area contributed by atoms with Gasteiger partial charge in [0.25, 0.3) is 0 Å². The maximum Gasteiger partial charge on any atom is 0.416 e. The van der Waals surface area contributed by atoms with Crippen LogP contribution < -0.4 is 0 Å². The van der Waals surface area contributed by atoms with E-state index >= 15 is 0 Å². The molecular formula is C11H8F3NO2S. The Morgan fingerprint density at radius 2 is 2.17 bits per heavy atom. The Balaban J connectivity index is 2.43. The summed E-state index contributed by atoms with van der Waals surface area (Å²) in [5.41, 5.74) is -0.631. The van der Waals surface area contributed by atoms with E-state index in [2.05, 4.69) is 4.98 Å². The summed E-state index contributed by atoms with van der Waals surface area (Å²) in [6, 6.07) is 3.20. The van der Waals surface area contributed by atoms with Gasteiger partial charge in [-0.3, -0.25) is 0 Å². The molecule has 0 fully saturated rings. The smallest absolute Gasteiger partial charge is 0.416 e. The Bertz CT molecular complexity index is 591. The number of thiazole rings is 1. The van der Waals surface area contributed by atoms with E-state index in [1.54, 1.807) is 6.92 Å². The molecule has 0 spiro atoms. The number of carbonyl (C=O) groups excluding carboxylic acids is 1. The van der Waals surface area contributed by atoms with Crippen molar-refractivity contribution in [2.75, 3.05) is 6.61 Å². The molecule has 0 atom stereocenters. The SMILES string of the molecule is CCOC(=O)c1nc2cc(C(F)(F)F)ccc2s1. The van der Waals surface area contributed by atoms with E-state index in [1.165, 1.54) is 6.07 Å². The molecule has 0 unspecified atom stereocenters. The van der Waals surface area contributed by atoms with Crippen LogP contribution in [0, 0.1) is 0 Å². The van der Waals surface area contributed by atoms with E-state index < -0.39 is 17.7 Å². The molecule has 0 radical (unpaired) electrons. The fraction of sp³-hybridized carbons (Fsp3) is 0.273. The van der Waals surface area contributed by atoms with Crippen LogP contribution in [0.1, 0.15) is 22.3 Å². The summed E-state index contributed by atoms with van der Waals surface area (Å²) in [4.78, 5) is 15.2.